The Labute approximate surface area is 116 Å². The molecule has 104 valence electrons. The maximum Gasteiger partial charge on any atom is 0.256 e. The third-order valence-electron chi connectivity index (χ3n) is 3.07. The Morgan fingerprint density at radius 1 is 1.26 bits per heavy atom. The lowest BCUT2D eigenvalue weighted by atomic mass is 10.1. The van der Waals surface area contributed by atoms with Crippen molar-refractivity contribution in [3.8, 4) is 0 Å². The lowest BCUT2D eigenvalue weighted by Crippen LogP contribution is -2.42. The van der Waals surface area contributed by atoms with Crippen LogP contribution in [0.2, 0.25) is 0 Å². The molecule has 1 fully saturated rings. The molecule has 1 saturated heterocycles. The van der Waals surface area contributed by atoms with Crippen LogP contribution in [0.25, 0.3) is 0 Å². The van der Waals surface area contributed by atoms with Gasteiger partial charge >= 0.3 is 0 Å². The number of amides is 1. The van der Waals surface area contributed by atoms with E-state index in [1.165, 1.54) is 0 Å². The van der Waals surface area contributed by atoms with Gasteiger partial charge in [-0.2, -0.15) is 0 Å². The van der Waals surface area contributed by atoms with Crippen molar-refractivity contribution in [2.24, 2.45) is 0 Å². The van der Waals surface area contributed by atoms with E-state index in [4.69, 9.17) is 0 Å². The van der Waals surface area contributed by atoms with Crippen LogP contribution in [0.15, 0.2) is 24.3 Å². The van der Waals surface area contributed by atoms with E-state index in [0.717, 1.165) is 5.69 Å². The summed E-state index contributed by atoms with van der Waals surface area (Å²) in [6.45, 7) is 5.26. The van der Waals surface area contributed by atoms with Crippen molar-refractivity contribution in [3.63, 3.8) is 0 Å². The van der Waals surface area contributed by atoms with Crippen molar-refractivity contribution < 1.29 is 9.00 Å². The summed E-state index contributed by atoms with van der Waals surface area (Å²) in [6, 6.07) is 7.85. The average Bonchev–Trinajstić information content (AvgIpc) is 2.39. The summed E-state index contributed by atoms with van der Waals surface area (Å²) in [6.07, 6.45) is 0. The van der Waals surface area contributed by atoms with Crippen LogP contribution in [-0.4, -0.2) is 45.7 Å². The van der Waals surface area contributed by atoms with Crippen LogP contribution < -0.4 is 5.32 Å². The molecule has 0 bridgehead atoms. The Kier molecular flexibility index (Phi) is 4.58. The molecule has 19 heavy (non-hydrogen) atoms. The first-order chi connectivity index (χ1) is 9.08. The van der Waals surface area contributed by atoms with E-state index in [0.29, 0.717) is 30.2 Å². The smallest absolute Gasteiger partial charge is 0.256 e. The third-order valence-corrected chi connectivity index (χ3v) is 4.34. The number of nitrogens with zero attached hydrogens (tertiary/aromatic N) is 1. The zero-order valence-electron chi connectivity index (χ0n) is 11.4. The molecule has 1 heterocycles. The van der Waals surface area contributed by atoms with Crippen LogP contribution >= 0.6 is 0 Å². The van der Waals surface area contributed by atoms with E-state index in [1.54, 1.807) is 4.90 Å². The Morgan fingerprint density at radius 2 is 1.89 bits per heavy atom. The van der Waals surface area contributed by atoms with E-state index in [2.05, 4.69) is 5.32 Å². The van der Waals surface area contributed by atoms with Gasteiger partial charge in [-0.25, -0.2) is 0 Å². The first kappa shape index (κ1) is 14.1. The first-order valence-electron chi connectivity index (χ1n) is 6.57. The molecular weight excluding hydrogens is 260 g/mol. The van der Waals surface area contributed by atoms with Gasteiger partial charge in [-0.1, -0.05) is 12.1 Å². The van der Waals surface area contributed by atoms with E-state index >= 15 is 0 Å². The third kappa shape index (κ3) is 3.56. The fourth-order valence-electron chi connectivity index (χ4n) is 2.12. The Balaban J connectivity index is 2.16. The molecule has 1 aromatic carbocycles. The maximum atomic E-state index is 12.5. The lowest BCUT2D eigenvalue weighted by molar-refractivity contribution is 0.0772. The molecule has 1 aromatic rings. The predicted octanol–water partition coefficient (Wildman–Crippen LogP) is 1.71. The fraction of sp³-hybridized carbons (Fsp3) is 0.500. The van der Waals surface area contributed by atoms with E-state index in [1.807, 2.05) is 38.1 Å². The molecule has 1 aliphatic rings. The Hall–Kier alpha value is -1.36. The van der Waals surface area contributed by atoms with Crippen molar-refractivity contribution >= 4 is 22.4 Å². The van der Waals surface area contributed by atoms with E-state index in [-0.39, 0.29) is 11.9 Å². The van der Waals surface area contributed by atoms with Crippen LogP contribution in [0.3, 0.4) is 0 Å². The number of rotatable bonds is 3. The zero-order chi connectivity index (χ0) is 13.8. The molecule has 0 atom stereocenters. The topological polar surface area (TPSA) is 49.4 Å². The van der Waals surface area contributed by atoms with Gasteiger partial charge in [-0.3, -0.25) is 9.00 Å². The molecule has 4 nitrogen and oxygen atoms in total. The van der Waals surface area contributed by atoms with Crippen molar-refractivity contribution in [2.45, 2.75) is 19.9 Å². The highest BCUT2D eigenvalue weighted by molar-refractivity contribution is 7.85. The number of carbonyl (C=O) groups excluding carboxylic acids is 1. The summed E-state index contributed by atoms with van der Waals surface area (Å²) in [7, 11) is -0.758. The maximum absolute atomic E-state index is 12.5. The molecule has 0 aliphatic carbocycles. The minimum atomic E-state index is -0.758. The molecule has 0 aromatic heterocycles. The van der Waals surface area contributed by atoms with Crippen LogP contribution in [0.4, 0.5) is 5.69 Å². The highest BCUT2D eigenvalue weighted by Crippen LogP contribution is 2.19. The second kappa shape index (κ2) is 6.19. The minimum Gasteiger partial charge on any atom is -0.382 e. The fourth-order valence-corrected chi connectivity index (χ4v) is 3.17. The molecule has 0 saturated carbocycles. The van der Waals surface area contributed by atoms with Gasteiger partial charge in [0.15, 0.2) is 0 Å². The monoisotopic (exact) mass is 280 g/mol. The van der Waals surface area contributed by atoms with Crippen LogP contribution in [0.1, 0.15) is 24.2 Å². The molecule has 0 unspecified atom stereocenters. The molecule has 0 spiro atoms. The van der Waals surface area contributed by atoms with Crippen molar-refractivity contribution in [3.05, 3.63) is 29.8 Å². The van der Waals surface area contributed by atoms with Crippen LogP contribution in [-0.2, 0) is 10.8 Å². The second-order valence-corrected chi connectivity index (χ2v) is 6.68. The summed E-state index contributed by atoms with van der Waals surface area (Å²) in [5.41, 5.74) is 1.57. The largest absolute Gasteiger partial charge is 0.382 e. The van der Waals surface area contributed by atoms with Crippen molar-refractivity contribution in [1.29, 1.82) is 0 Å². The SMILES string of the molecule is CC(C)Nc1ccccc1C(=O)N1CCS(=O)CC1. The number of carbonyl (C=O) groups is 1. The molecule has 1 N–H and O–H groups in total. The predicted molar refractivity (Wildman–Crippen MR) is 79.0 cm³/mol. The van der Waals surface area contributed by atoms with Crippen LogP contribution in [0, 0.1) is 0 Å². The summed E-state index contributed by atoms with van der Waals surface area (Å²) in [5, 5.41) is 3.29. The normalized spacial score (nSPS) is 16.7. The molecule has 0 radical (unpaired) electrons. The van der Waals surface area contributed by atoms with Gasteiger partial charge in [0, 0.05) is 47.1 Å². The second-order valence-electron chi connectivity index (χ2n) is 4.98. The minimum absolute atomic E-state index is 0.0282. The highest BCUT2D eigenvalue weighted by atomic mass is 32.2. The number of benzene rings is 1. The quantitative estimate of drug-likeness (QED) is 0.917. The van der Waals surface area contributed by atoms with Crippen molar-refractivity contribution in [2.75, 3.05) is 29.9 Å². The molecule has 5 heteroatoms. The molecular formula is C14H20N2O2S. The van der Waals surface area contributed by atoms with Gasteiger partial charge in [0.25, 0.3) is 5.91 Å². The summed E-state index contributed by atoms with van der Waals surface area (Å²) in [4.78, 5) is 14.3. The van der Waals surface area contributed by atoms with Gasteiger partial charge in [-0.15, -0.1) is 0 Å². The lowest BCUT2D eigenvalue weighted by Gasteiger charge is -2.27. The molecule has 2 rings (SSSR count). The highest BCUT2D eigenvalue weighted by Gasteiger charge is 2.23. The number of hydrogen-bond acceptors (Lipinski definition) is 3. The van der Waals surface area contributed by atoms with Gasteiger partial charge in [0.05, 0.1) is 5.56 Å². The molecule has 1 aliphatic heterocycles. The summed E-state index contributed by atoms with van der Waals surface area (Å²) < 4.78 is 11.3. The average molecular weight is 280 g/mol. The summed E-state index contributed by atoms with van der Waals surface area (Å²) in [5.74, 6) is 1.21. The van der Waals surface area contributed by atoms with Gasteiger partial charge in [-0.05, 0) is 26.0 Å². The van der Waals surface area contributed by atoms with Gasteiger partial charge in [0.2, 0.25) is 0 Å². The van der Waals surface area contributed by atoms with Gasteiger partial charge < -0.3 is 10.2 Å². The summed E-state index contributed by atoms with van der Waals surface area (Å²) >= 11 is 0. The Morgan fingerprint density at radius 3 is 2.53 bits per heavy atom. The van der Waals surface area contributed by atoms with E-state index in [9.17, 15) is 9.00 Å². The van der Waals surface area contributed by atoms with Crippen molar-refractivity contribution in [1.82, 2.24) is 4.90 Å². The zero-order valence-corrected chi connectivity index (χ0v) is 12.2. The van der Waals surface area contributed by atoms with E-state index < -0.39 is 10.8 Å². The number of hydrogen-bond donors (Lipinski definition) is 1. The number of anilines is 1. The number of nitrogens with one attached hydrogen (secondary N) is 1. The van der Waals surface area contributed by atoms with Crippen LogP contribution in [0.5, 0.6) is 0 Å². The number of para-hydroxylation sites is 1. The molecule has 1 amide bonds. The Bertz CT molecular complexity index is 478. The standard InChI is InChI=1S/C14H20N2O2S/c1-11(2)15-13-6-4-3-5-12(13)14(17)16-7-9-19(18)10-8-16/h3-6,11,15H,7-10H2,1-2H3. The van der Waals surface area contributed by atoms with Gasteiger partial charge in [0.1, 0.15) is 0 Å². The first-order valence-corrected chi connectivity index (χ1v) is 8.06.